The molecule has 0 fully saturated rings. The summed E-state index contributed by atoms with van der Waals surface area (Å²) in [6.07, 6.45) is -10.6. The molecule has 0 saturated heterocycles. The third-order valence-electron chi connectivity index (χ3n) is 3.84. The molecule has 0 saturated carbocycles. The summed E-state index contributed by atoms with van der Waals surface area (Å²) in [4.78, 5) is 0. The van der Waals surface area contributed by atoms with Crippen LogP contribution < -0.4 is 5.32 Å². The lowest BCUT2D eigenvalue weighted by Crippen LogP contribution is -2.20. The van der Waals surface area contributed by atoms with Gasteiger partial charge in [-0.05, 0) is 54.1 Å². The molecule has 0 radical (unpaired) electrons. The van der Waals surface area contributed by atoms with E-state index in [2.05, 4.69) is 5.32 Å². The van der Waals surface area contributed by atoms with Crippen molar-refractivity contribution in [3.8, 4) is 0 Å². The van der Waals surface area contributed by atoms with Gasteiger partial charge in [-0.3, -0.25) is 0 Å². The molecular weight excluding hydrogens is 335 g/mol. The van der Waals surface area contributed by atoms with Crippen LogP contribution in [0.4, 0.5) is 13.2 Å². The van der Waals surface area contributed by atoms with E-state index in [0.29, 0.717) is 16.8 Å². The Bertz CT molecular complexity index is 1170. The minimum atomic E-state index is -4.75. The van der Waals surface area contributed by atoms with Crippen molar-refractivity contribution in [2.24, 2.45) is 0 Å². The number of nitrogens with one attached hydrogen (secondary N) is 1. The molecule has 3 aromatic rings. The topological polar surface area (TPSA) is 12.0 Å². The van der Waals surface area contributed by atoms with Crippen LogP contribution in [0.2, 0.25) is 0 Å². The monoisotopic (exact) mass is 365 g/mol. The Morgan fingerprint density at radius 1 is 1.08 bits per heavy atom. The van der Waals surface area contributed by atoms with E-state index in [1.54, 1.807) is 36.4 Å². The van der Waals surface area contributed by atoms with E-state index in [-0.39, 0.29) is 5.56 Å². The second-order valence-corrected chi connectivity index (χ2v) is 5.64. The largest absolute Gasteiger partial charge is 0.416 e. The smallest absolute Gasteiger partial charge is 0.310 e. The van der Waals surface area contributed by atoms with E-state index in [1.807, 2.05) is 0 Å². The molecule has 1 atom stereocenters. The van der Waals surface area contributed by atoms with Crippen LogP contribution in [0.5, 0.6) is 0 Å². The Morgan fingerprint density at radius 3 is 2.65 bits per heavy atom. The van der Waals surface area contributed by atoms with Gasteiger partial charge in [-0.25, -0.2) is 0 Å². The highest BCUT2D eigenvalue weighted by Gasteiger charge is 2.30. The van der Waals surface area contributed by atoms with Gasteiger partial charge in [0.25, 0.3) is 0 Å². The first kappa shape index (κ1) is 10.7. The number of benzene rings is 3. The molecular formula is C22H22F3N. The Kier molecular flexibility index (Phi) is 3.27. The van der Waals surface area contributed by atoms with Crippen molar-refractivity contribution in [3.63, 3.8) is 0 Å². The van der Waals surface area contributed by atoms with Gasteiger partial charge in [-0.2, -0.15) is 13.2 Å². The maximum Gasteiger partial charge on any atom is 0.416 e. The molecule has 0 heterocycles. The summed E-state index contributed by atoms with van der Waals surface area (Å²) in [5.41, 5.74) is -1.64. The molecule has 136 valence electrons. The van der Waals surface area contributed by atoms with Crippen LogP contribution in [-0.4, -0.2) is 6.54 Å². The first-order valence-electron chi connectivity index (χ1n) is 11.9. The zero-order chi connectivity index (χ0) is 25.6. The lowest BCUT2D eigenvalue weighted by atomic mass is 9.99. The van der Waals surface area contributed by atoms with Crippen molar-refractivity contribution in [2.45, 2.75) is 31.8 Å². The van der Waals surface area contributed by atoms with Gasteiger partial charge in [-0.1, -0.05) is 60.7 Å². The predicted octanol–water partition coefficient (Wildman–Crippen LogP) is 6.14. The molecule has 0 unspecified atom stereocenters. The van der Waals surface area contributed by atoms with Gasteiger partial charge in [0.2, 0.25) is 0 Å². The van der Waals surface area contributed by atoms with E-state index in [0.717, 1.165) is 18.2 Å². The van der Waals surface area contributed by atoms with E-state index >= 15 is 0 Å². The average molecular weight is 365 g/mol. The molecule has 0 aromatic heterocycles. The van der Waals surface area contributed by atoms with Crippen molar-refractivity contribution < 1.29 is 24.1 Å². The second-order valence-electron chi connectivity index (χ2n) is 5.64. The highest BCUT2D eigenvalue weighted by Crippen LogP contribution is 2.29. The number of aryl methyl sites for hydroxylation is 1. The quantitative estimate of drug-likeness (QED) is 0.553. The molecule has 0 aliphatic heterocycles. The van der Waals surface area contributed by atoms with Gasteiger partial charge < -0.3 is 5.32 Å². The van der Waals surface area contributed by atoms with Crippen LogP contribution >= 0.6 is 0 Å². The number of alkyl halides is 3. The van der Waals surface area contributed by atoms with Crippen LogP contribution in [0.25, 0.3) is 10.8 Å². The average Bonchev–Trinajstić information content (AvgIpc) is 2.75. The van der Waals surface area contributed by atoms with Crippen molar-refractivity contribution in [3.05, 3.63) is 83.4 Å². The van der Waals surface area contributed by atoms with E-state index in [4.69, 9.17) is 11.0 Å². The van der Waals surface area contributed by atoms with Gasteiger partial charge >= 0.3 is 6.18 Å². The summed E-state index contributed by atoms with van der Waals surface area (Å²) in [6.45, 7) is -3.95. The molecule has 0 aliphatic carbocycles. The highest BCUT2D eigenvalue weighted by atomic mass is 19.4. The normalized spacial score (nSPS) is 20.4. The third kappa shape index (κ3) is 4.44. The number of hydrogen-bond acceptors (Lipinski definition) is 1. The van der Waals surface area contributed by atoms with E-state index in [1.165, 1.54) is 6.07 Å². The zero-order valence-electron chi connectivity index (χ0n) is 21.7. The highest BCUT2D eigenvalue weighted by molar-refractivity contribution is 5.86. The number of fused-ring (bicyclic) bond motifs is 1. The molecule has 26 heavy (non-hydrogen) atoms. The summed E-state index contributed by atoms with van der Waals surface area (Å²) in [5.74, 6) is 0. The number of halogens is 3. The first-order valence-corrected chi connectivity index (χ1v) is 7.92. The maximum atomic E-state index is 13.1. The molecule has 3 aromatic carbocycles. The van der Waals surface area contributed by atoms with Crippen molar-refractivity contribution >= 4 is 10.8 Å². The van der Waals surface area contributed by atoms with E-state index in [9.17, 15) is 13.2 Å². The zero-order valence-corrected chi connectivity index (χ0v) is 13.7. The Balaban J connectivity index is 2.00. The van der Waals surface area contributed by atoms with Gasteiger partial charge in [0.05, 0.1) is 6.93 Å². The van der Waals surface area contributed by atoms with Gasteiger partial charge in [0.15, 0.2) is 0 Å². The molecule has 0 amide bonds. The Hall–Kier alpha value is -2.33. The molecule has 1 nitrogen and oxygen atoms in total. The Labute approximate surface area is 163 Å². The fraction of sp³-hybridized carbons (Fsp3) is 0.273. The van der Waals surface area contributed by atoms with Crippen LogP contribution in [0.15, 0.2) is 66.7 Å². The molecule has 0 aliphatic rings. The fourth-order valence-electron chi connectivity index (χ4n) is 2.59. The lowest BCUT2D eigenvalue weighted by Gasteiger charge is -2.17. The third-order valence-corrected chi connectivity index (χ3v) is 3.84. The fourth-order valence-corrected chi connectivity index (χ4v) is 2.59. The van der Waals surface area contributed by atoms with E-state index < -0.39 is 49.5 Å². The summed E-state index contributed by atoms with van der Waals surface area (Å²) in [5, 5.41) is 3.48. The lowest BCUT2D eigenvalue weighted by molar-refractivity contribution is -0.137. The molecule has 3 rings (SSSR count). The first-order chi connectivity index (χ1) is 15.5. The standard InChI is InChI=1S/C22H22F3N/c1-16(20-13-5-10-18-9-2-3-12-21(18)20)26-14-6-8-17-7-4-11-19(15-17)22(23,24)25/h2-5,7,9-13,15-16,26H,6,8,14H2,1H3/t16-/m1/s1/i1D3,6D2,8D2,16D. The minimum absolute atomic E-state index is 0.0426. The summed E-state index contributed by atoms with van der Waals surface area (Å²) in [6, 6.07) is 12.2. The molecule has 1 N–H and O–H groups in total. The van der Waals surface area contributed by atoms with Gasteiger partial charge in [0, 0.05) is 15.6 Å². The van der Waals surface area contributed by atoms with Crippen molar-refractivity contribution in [1.82, 2.24) is 5.32 Å². The Morgan fingerprint density at radius 2 is 1.85 bits per heavy atom. The van der Waals surface area contributed by atoms with Crippen molar-refractivity contribution in [2.75, 3.05) is 6.54 Å². The summed E-state index contributed by atoms with van der Waals surface area (Å²) < 4.78 is 105. The van der Waals surface area contributed by atoms with Gasteiger partial charge in [0.1, 0.15) is 0 Å². The number of hydrogen-bond donors (Lipinski definition) is 1. The van der Waals surface area contributed by atoms with Gasteiger partial charge in [-0.15, -0.1) is 0 Å². The number of rotatable bonds is 6. The molecule has 4 heteroatoms. The minimum Gasteiger partial charge on any atom is -0.310 e. The molecule has 0 bridgehead atoms. The van der Waals surface area contributed by atoms with Crippen LogP contribution in [-0.2, 0) is 12.5 Å². The summed E-state index contributed by atoms with van der Waals surface area (Å²) in [7, 11) is 0. The maximum absolute atomic E-state index is 13.1. The van der Waals surface area contributed by atoms with Crippen LogP contribution in [0.1, 0.15) is 46.9 Å². The van der Waals surface area contributed by atoms with Crippen LogP contribution in [0.3, 0.4) is 0 Å². The second kappa shape index (κ2) is 7.92. The molecule has 0 spiro atoms. The predicted molar refractivity (Wildman–Crippen MR) is 100 cm³/mol. The van der Waals surface area contributed by atoms with Crippen LogP contribution in [0, 0.1) is 0 Å². The summed E-state index contributed by atoms with van der Waals surface area (Å²) >= 11 is 0. The SMILES string of the molecule is [2H]C([2H])(CN[C@@]([2H])(c1cccc2ccccc12)C([2H])([2H])[2H])C([2H])([2H])c1cccc(C(F)(F)F)c1. The van der Waals surface area contributed by atoms with Crippen molar-refractivity contribution in [1.29, 1.82) is 0 Å².